The molecule has 28 heavy (non-hydrogen) atoms. The van der Waals surface area contributed by atoms with Crippen molar-refractivity contribution in [2.24, 2.45) is 12.1 Å². The van der Waals surface area contributed by atoms with E-state index in [1.165, 1.54) is 22.7 Å². The van der Waals surface area contributed by atoms with Crippen molar-refractivity contribution in [1.29, 1.82) is 0 Å². The SMILES string of the molecule is Cc1nn(C)c(C)c1/C=N\NC(=O)c1cccc(S(=O)(=O)N2CCOCC2)c1. The fourth-order valence-corrected chi connectivity index (χ4v) is 4.39. The van der Waals surface area contributed by atoms with E-state index in [4.69, 9.17) is 4.74 Å². The molecule has 9 nitrogen and oxygen atoms in total. The lowest BCUT2D eigenvalue weighted by molar-refractivity contribution is 0.0730. The van der Waals surface area contributed by atoms with Crippen molar-refractivity contribution in [2.45, 2.75) is 18.7 Å². The number of amides is 1. The number of sulfonamides is 1. The molecule has 0 unspecified atom stereocenters. The molecule has 1 saturated heterocycles. The predicted molar refractivity (Wildman–Crippen MR) is 104 cm³/mol. The van der Waals surface area contributed by atoms with E-state index in [1.807, 2.05) is 20.9 Å². The second-order valence-corrected chi connectivity index (χ2v) is 8.39. The normalized spacial score (nSPS) is 15.8. The van der Waals surface area contributed by atoms with Crippen molar-refractivity contribution in [3.05, 3.63) is 46.8 Å². The van der Waals surface area contributed by atoms with Crippen molar-refractivity contribution in [3.63, 3.8) is 0 Å². The maximum absolute atomic E-state index is 12.7. The summed E-state index contributed by atoms with van der Waals surface area (Å²) >= 11 is 0. The number of rotatable bonds is 5. The van der Waals surface area contributed by atoms with Crippen LogP contribution in [0.5, 0.6) is 0 Å². The van der Waals surface area contributed by atoms with Gasteiger partial charge in [-0.1, -0.05) is 6.07 Å². The van der Waals surface area contributed by atoms with Gasteiger partial charge in [-0.15, -0.1) is 0 Å². The van der Waals surface area contributed by atoms with Crippen LogP contribution in [0.4, 0.5) is 0 Å². The van der Waals surface area contributed by atoms with Crippen LogP contribution in [0.2, 0.25) is 0 Å². The molecule has 0 spiro atoms. The summed E-state index contributed by atoms with van der Waals surface area (Å²) in [6, 6.07) is 5.93. The van der Waals surface area contributed by atoms with E-state index in [-0.39, 0.29) is 10.5 Å². The standard InChI is InChI=1S/C18H23N5O4S/c1-13-17(14(2)22(3)21-13)12-19-20-18(24)15-5-4-6-16(11-15)28(25,26)23-7-9-27-10-8-23/h4-6,11-12H,7-10H2,1-3H3,(H,20,24)/b19-12-. The number of benzene rings is 1. The molecule has 2 heterocycles. The van der Waals surface area contributed by atoms with Gasteiger partial charge in [0.05, 0.1) is 30.0 Å². The third-order valence-corrected chi connectivity index (χ3v) is 6.52. The van der Waals surface area contributed by atoms with Crippen molar-refractivity contribution in [2.75, 3.05) is 26.3 Å². The summed E-state index contributed by atoms with van der Waals surface area (Å²) in [5.74, 6) is -0.491. The van der Waals surface area contributed by atoms with Gasteiger partial charge >= 0.3 is 0 Å². The van der Waals surface area contributed by atoms with Gasteiger partial charge in [-0.25, -0.2) is 13.8 Å². The largest absolute Gasteiger partial charge is 0.379 e. The highest BCUT2D eigenvalue weighted by Gasteiger charge is 2.26. The molecule has 150 valence electrons. The molecule has 0 aliphatic carbocycles. The summed E-state index contributed by atoms with van der Waals surface area (Å²) in [5.41, 5.74) is 5.20. The van der Waals surface area contributed by atoms with E-state index < -0.39 is 15.9 Å². The lowest BCUT2D eigenvalue weighted by Gasteiger charge is -2.26. The molecule has 1 aromatic carbocycles. The Labute approximate surface area is 164 Å². The molecule has 0 atom stereocenters. The number of ether oxygens (including phenoxy) is 1. The van der Waals surface area contributed by atoms with Gasteiger partial charge in [-0.2, -0.15) is 14.5 Å². The Hall–Kier alpha value is -2.56. The zero-order valence-electron chi connectivity index (χ0n) is 16.0. The van der Waals surface area contributed by atoms with Crippen LogP contribution in [0, 0.1) is 13.8 Å². The molecule has 10 heteroatoms. The Kier molecular flexibility index (Phi) is 5.92. The molecule has 3 rings (SSSR count). The fourth-order valence-electron chi connectivity index (χ4n) is 2.93. The van der Waals surface area contributed by atoms with Gasteiger partial charge in [0.25, 0.3) is 5.91 Å². The van der Waals surface area contributed by atoms with Crippen LogP contribution in [0.1, 0.15) is 27.3 Å². The highest BCUT2D eigenvalue weighted by atomic mass is 32.2. The van der Waals surface area contributed by atoms with E-state index >= 15 is 0 Å². The first-order valence-electron chi connectivity index (χ1n) is 8.82. The molecular weight excluding hydrogens is 382 g/mol. The minimum absolute atomic E-state index is 0.0741. The van der Waals surface area contributed by atoms with Gasteiger partial charge in [0.15, 0.2) is 0 Å². The summed E-state index contributed by atoms with van der Waals surface area (Å²) in [6.45, 7) is 5.08. The van der Waals surface area contributed by atoms with E-state index in [0.29, 0.717) is 26.3 Å². The molecule has 1 aliphatic heterocycles. The van der Waals surface area contributed by atoms with E-state index in [1.54, 1.807) is 16.8 Å². The molecular formula is C18H23N5O4S. The number of nitrogens with one attached hydrogen (secondary N) is 1. The van der Waals surface area contributed by atoms with Gasteiger partial charge in [0.2, 0.25) is 10.0 Å². The second-order valence-electron chi connectivity index (χ2n) is 6.45. The summed E-state index contributed by atoms with van der Waals surface area (Å²) in [6.07, 6.45) is 1.53. The number of carbonyl (C=O) groups excluding carboxylic acids is 1. The lowest BCUT2D eigenvalue weighted by Crippen LogP contribution is -2.40. The van der Waals surface area contributed by atoms with Gasteiger partial charge < -0.3 is 4.74 Å². The molecule has 1 N–H and O–H groups in total. The summed E-state index contributed by atoms with van der Waals surface area (Å²) in [4.78, 5) is 12.5. The Morgan fingerprint density at radius 2 is 2.00 bits per heavy atom. The minimum Gasteiger partial charge on any atom is -0.379 e. The average Bonchev–Trinajstić information content (AvgIpc) is 2.94. The zero-order chi connectivity index (χ0) is 20.3. The number of morpholine rings is 1. The quantitative estimate of drug-likeness (QED) is 0.586. The predicted octanol–water partition coefficient (Wildman–Crippen LogP) is 0.822. The summed E-state index contributed by atoms with van der Waals surface area (Å²) in [5, 5.41) is 8.26. The van der Waals surface area contributed by atoms with Crippen LogP contribution in [0.25, 0.3) is 0 Å². The number of carbonyl (C=O) groups is 1. The number of nitrogens with zero attached hydrogens (tertiary/aromatic N) is 4. The first kappa shape index (κ1) is 20.2. The average molecular weight is 405 g/mol. The smallest absolute Gasteiger partial charge is 0.271 e. The van der Waals surface area contributed by atoms with Crippen LogP contribution in [0.15, 0.2) is 34.3 Å². The molecule has 0 radical (unpaired) electrons. The Morgan fingerprint density at radius 3 is 2.64 bits per heavy atom. The molecule has 0 saturated carbocycles. The molecule has 1 aliphatic rings. The zero-order valence-corrected chi connectivity index (χ0v) is 16.9. The molecule has 1 fully saturated rings. The highest BCUT2D eigenvalue weighted by molar-refractivity contribution is 7.89. The van der Waals surface area contributed by atoms with Gasteiger partial charge in [0, 0.05) is 37.0 Å². The van der Waals surface area contributed by atoms with Gasteiger partial charge in [-0.3, -0.25) is 9.48 Å². The molecule has 1 amide bonds. The third kappa shape index (κ3) is 4.13. The summed E-state index contributed by atoms with van der Waals surface area (Å²) in [7, 11) is -1.83. The first-order chi connectivity index (χ1) is 13.3. The van der Waals surface area contributed by atoms with Crippen LogP contribution >= 0.6 is 0 Å². The van der Waals surface area contributed by atoms with Crippen molar-refractivity contribution < 1.29 is 17.9 Å². The maximum atomic E-state index is 12.7. The monoisotopic (exact) mass is 405 g/mol. The van der Waals surface area contributed by atoms with Crippen LogP contribution in [0.3, 0.4) is 0 Å². The fraction of sp³-hybridized carbons (Fsp3) is 0.389. The van der Waals surface area contributed by atoms with Crippen molar-refractivity contribution >= 4 is 22.1 Å². The topological polar surface area (TPSA) is 106 Å². The number of aryl methyl sites for hydroxylation is 2. The van der Waals surface area contributed by atoms with Crippen molar-refractivity contribution in [3.8, 4) is 0 Å². The lowest BCUT2D eigenvalue weighted by atomic mass is 10.2. The van der Waals surface area contributed by atoms with Gasteiger partial charge in [-0.05, 0) is 32.0 Å². The van der Waals surface area contributed by atoms with Crippen molar-refractivity contribution in [1.82, 2.24) is 19.5 Å². The number of hydrogen-bond acceptors (Lipinski definition) is 6. The number of aromatic nitrogens is 2. The summed E-state index contributed by atoms with van der Waals surface area (Å²) < 4.78 is 33.8. The van der Waals surface area contributed by atoms with Gasteiger partial charge in [0.1, 0.15) is 0 Å². The Morgan fingerprint density at radius 1 is 1.29 bits per heavy atom. The number of hydrogen-bond donors (Lipinski definition) is 1. The van der Waals surface area contributed by atoms with Crippen LogP contribution < -0.4 is 5.43 Å². The van der Waals surface area contributed by atoms with E-state index in [2.05, 4.69) is 15.6 Å². The molecule has 0 bridgehead atoms. The maximum Gasteiger partial charge on any atom is 0.271 e. The first-order valence-corrected chi connectivity index (χ1v) is 10.3. The molecule has 2 aromatic rings. The second kappa shape index (κ2) is 8.21. The number of hydrazone groups is 1. The Bertz CT molecular complexity index is 1010. The van der Waals surface area contributed by atoms with E-state index in [9.17, 15) is 13.2 Å². The molecule has 1 aromatic heterocycles. The van der Waals surface area contributed by atoms with Crippen LogP contribution in [-0.4, -0.2) is 60.9 Å². The minimum atomic E-state index is -3.67. The van der Waals surface area contributed by atoms with E-state index in [0.717, 1.165) is 17.0 Å². The third-order valence-electron chi connectivity index (χ3n) is 4.63. The van der Waals surface area contributed by atoms with Crippen LogP contribution in [-0.2, 0) is 21.8 Å². The Balaban J connectivity index is 1.74. The highest BCUT2D eigenvalue weighted by Crippen LogP contribution is 2.18.